The lowest BCUT2D eigenvalue weighted by Crippen LogP contribution is -2.55. The molecule has 0 heterocycles. The van der Waals surface area contributed by atoms with Crippen molar-refractivity contribution < 1.29 is 4.79 Å². The predicted molar refractivity (Wildman–Crippen MR) is 62.5 cm³/mol. The van der Waals surface area contributed by atoms with Crippen molar-refractivity contribution in [2.45, 2.75) is 58.4 Å². The molecule has 88 valence electrons. The molecule has 1 amide bonds. The summed E-state index contributed by atoms with van der Waals surface area (Å²) in [5, 5.41) is 3.30. The van der Waals surface area contributed by atoms with E-state index in [-0.39, 0.29) is 5.91 Å². The van der Waals surface area contributed by atoms with Crippen molar-refractivity contribution in [3.63, 3.8) is 0 Å². The SMILES string of the molecule is CCNC1(C(N)=O)CCCC(C)(C)CC1. The summed E-state index contributed by atoms with van der Waals surface area (Å²) in [6.45, 7) is 7.39. The fourth-order valence-corrected chi connectivity index (χ4v) is 2.52. The Kier molecular flexibility index (Phi) is 3.77. The molecule has 1 aliphatic carbocycles. The van der Waals surface area contributed by atoms with Crippen LogP contribution in [-0.2, 0) is 4.79 Å². The molecule has 1 aliphatic rings. The topological polar surface area (TPSA) is 55.1 Å². The van der Waals surface area contributed by atoms with Gasteiger partial charge in [0.1, 0.15) is 0 Å². The highest BCUT2D eigenvalue weighted by molar-refractivity contribution is 5.84. The molecule has 15 heavy (non-hydrogen) atoms. The third-order valence-corrected chi connectivity index (χ3v) is 3.67. The van der Waals surface area contributed by atoms with Crippen LogP contribution in [0.1, 0.15) is 52.9 Å². The van der Waals surface area contributed by atoms with Gasteiger partial charge < -0.3 is 11.1 Å². The fourth-order valence-electron chi connectivity index (χ4n) is 2.52. The lowest BCUT2D eigenvalue weighted by Gasteiger charge is -2.31. The van der Waals surface area contributed by atoms with Crippen LogP contribution in [0.2, 0.25) is 0 Å². The van der Waals surface area contributed by atoms with Crippen LogP contribution in [0.5, 0.6) is 0 Å². The van der Waals surface area contributed by atoms with Crippen LogP contribution in [0.25, 0.3) is 0 Å². The van der Waals surface area contributed by atoms with Gasteiger partial charge in [-0.05, 0) is 37.6 Å². The largest absolute Gasteiger partial charge is 0.368 e. The summed E-state index contributed by atoms with van der Waals surface area (Å²) >= 11 is 0. The monoisotopic (exact) mass is 212 g/mol. The molecule has 0 aromatic rings. The minimum Gasteiger partial charge on any atom is -0.368 e. The molecule has 0 aliphatic heterocycles. The second kappa shape index (κ2) is 4.52. The van der Waals surface area contributed by atoms with E-state index in [2.05, 4.69) is 19.2 Å². The highest BCUT2D eigenvalue weighted by atomic mass is 16.1. The van der Waals surface area contributed by atoms with Crippen LogP contribution in [0.4, 0.5) is 0 Å². The number of rotatable bonds is 3. The van der Waals surface area contributed by atoms with Crippen molar-refractivity contribution in [2.75, 3.05) is 6.54 Å². The van der Waals surface area contributed by atoms with Gasteiger partial charge in [-0.25, -0.2) is 0 Å². The molecule has 0 radical (unpaired) electrons. The quantitative estimate of drug-likeness (QED) is 0.701. The van der Waals surface area contributed by atoms with E-state index in [9.17, 15) is 4.79 Å². The molecular formula is C12H24N2O. The molecule has 0 aromatic carbocycles. The number of carbonyl (C=O) groups excluding carboxylic acids is 1. The molecule has 1 unspecified atom stereocenters. The van der Waals surface area contributed by atoms with Gasteiger partial charge in [0.25, 0.3) is 0 Å². The van der Waals surface area contributed by atoms with Gasteiger partial charge >= 0.3 is 0 Å². The Labute approximate surface area is 92.8 Å². The maximum atomic E-state index is 11.6. The molecule has 0 aromatic heterocycles. The van der Waals surface area contributed by atoms with Gasteiger partial charge in [0.2, 0.25) is 5.91 Å². The Morgan fingerprint density at radius 1 is 1.27 bits per heavy atom. The molecule has 0 spiro atoms. The highest BCUT2D eigenvalue weighted by Crippen LogP contribution is 2.37. The van der Waals surface area contributed by atoms with Gasteiger partial charge in [-0.3, -0.25) is 4.79 Å². The van der Waals surface area contributed by atoms with E-state index in [4.69, 9.17) is 5.73 Å². The van der Waals surface area contributed by atoms with Gasteiger partial charge in [-0.15, -0.1) is 0 Å². The van der Waals surface area contributed by atoms with Crippen LogP contribution in [0.15, 0.2) is 0 Å². The number of hydrogen-bond acceptors (Lipinski definition) is 2. The maximum absolute atomic E-state index is 11.6. The van der Waals surface area contributed by atoms with Gasteiger partial charge in [0.05, 0.1) is 5.54 Å². The lowest BCUT2D eigenvalue weighted by molar-refractivity contribution is -0.125. The first-order chi connectivity index (χ1) is 6.92. The number of hydrogen-bond donors (Lipinski definition) is 2. The molecule has 0 saturated heterocycles. The molecule has 3 N–H and O–H groups in total. The summed E-state index contributed by atoms with van der Waals surface area (Å²) in [6, 6.07) is 0. The number of likely N-dealkylation sites (N-methyl/N-ethyl adjacent to an activating group) is 1. The van der Waals surface area contributed by atoms with Crippen molar-refractivity contribution in [3.8, 4) is 0 Å². The minimum absolute atomic E-state index is 0.179. The molecule has 1 fully saturated rings. The number of nitrogens with one attached hydrogen (secondary N) is 1. The van der Waals surface area contributed by atoms with Crippen molar-refractivity contribution >= 4 is 5.91 Å². The summed E-state index contributed by atoms with van der Waals surface area (Å²) < 4.78 is 0. The summed E-state index contributed by atoms with van der Waals surface area (Å²) in [7, 11) is 0. The van der Waals surface area contributed by atoms with E-state index in [1.54, 1.807) is 0 Å². The average molecular weight is 212 g/mol. The molecule has 3 heteroatoms. The number of amides is 1. The highest BCUT2D eigenvalue weighted by Gasteiger charge is 2.39. The zero-order valence-corrected chi connectivity index (χ0v) is 10.2. The lowest BCUT2D eigenvalue weighted by atomic mass is 9.83. The summed E-state index contributed by atoms with van der Waals surface area (Å²) in [5.41, 5.74) is 5.46. The van der Waals surface area contributed by atoms with Crippen LogP contribution < -0.4 is 11.1 Å². The smallest absolute Gasteiger partial charge is 0.237 e. The number of carbonyl (C=O) groups is 1. The van der Waals surface area contributed by atoms with E-state index >= 15 is 0 Å². The first kappa shape index (κ1) is 12.5. The molecule has 1 saturated carbocycles. The van der Waals surface area contributed by atoms with E-state index in [1.807, 2.05) is 6.92 Å². The fraction of sp³-hybridized carbons (Fsp3) is 0.917. The van der Waals surface area contributed by atoms with Crippen LogP contribution >= 0.6 is 0 Å². The molecule has 0 bridgehead atoms. The van der Waals surface area contributed by atoms with E-state index in [0.717, 1.165) is 32.2 Å². The summed E-state index contributed by atoms with van der Waals surface area (Å²) in [5.74, 6) is -0.179. The second-order valence-corrected chi connectivity index (χ2v) is 5.49. The molecular weight excluding hydrogens is 188 g/mol. The van der Waals surface area contributed by atoms with Gasteiger partial charge in [-0.1, -0.05) is 27.2 Å². The van der Waals surface area contributed by atoms with Crippen LogP contribution in [0.3, 0.4) is 0 Å². The van der Waals surface area contributed by atoms with Crippen molar-refractivity contribution in [1.82, 2.24) is 5.32 Å². The Morgan fingerprint density at radius 2 is 1.93 bits per heavy atom. The Hall–Kier alpha value is -0.570. The third-order valence-electron chi connectivity index (χ3n) is 3.67. The van der Waals surface area contributed by atoms with Crippen molar-refractivity contribution in [1.29, 1.82) is 0 Å². The van der Waals surface area contributed by atoms with E-state index in [1.165, 1.54) is 6.42 Å². The van der Waals surface area contributed by atoms with Gasteiger partial charge in [0.15, 0.2) is 0 Å². The number of nitrogens with two attached hydrogens (primary N) is 1. The standard InChI is InChI=1S/C12H24N2O/c1-4-14-12(10(13)15)7-5-6-11(2,3)8-9-12/h14H,4-9H2,1-3H3,(H2,13,15). The van der Waals surface area contributed by atoms with Crippen molar-refractivity contribution in [2.24, 2.45) is 11.1 Å². The third kappa shape index (κ3) is 2.94. The van der Waals surface area contributed by atoms with E-state index < -0.39 is 5.54 Å². The maximum Gasteiger partial charge on any atom is 0.237 e. The first-order valence-electron chi connectivity index (χ1n) is 5.97. The normalized spacial score (nSPS) is 30.9. The average Bonchev–Trinajstić information content (AvgIpc) is 2.27. The van der Waals surface area contributed by atoms with E-state index in [0.29, 0.717) is 5.41 Å². The summed E-state index contributed by atoms with van der Waals surface area (Å²) in [4.78, 5) is 11.6. The zero-order chi connectivity index (χ0) is 11.5. The van der Waals surface area contributed by atoms with Gasteiger partial charge in [-0.2, -0.15) is 0 Å². The summed E-state index contributed by atoms with van der Waals surface area (Å²) in [6.07, 6.45) is 5.11. The van der Waals surface area contributed by atoms with Crippen LogP contribution in [-0.4, -0.2) is 18.0 Å². The Balaban J connectivity index is 2.77. The zero-order valence-electron chi connectivity index (χ0n) is 10.2. The Morgan fingerprint density at radius 3 is 2.47 bits per heavy atom. The van der Waals surface area contributed by atoms with Crippen LogP contribution in [0, 0.1) is 5.41 Å². The Bertz CT molecular complexity index is 238. The second-order valence-electron chi connectivity index (χ2n) is 5.49. The minimum atomic E-state index is -0.442. The number of primary amides is 1. The molecule has 1 atom stereocenters. The van der Waals surface area contributed by atoms with Crippen molar-refractivity contribution in [3.05, 3.63) is 0 Å². The first-order valence-corrected chi connectivity index (χ1v) is 5.97. The molecule has 1 rings (SSSR count). The van der Waals surface area contributed by atoms with Gasteiger partial charge in [0, 0.05) is 0 Å². The molecule has 3 nitrogen and oxygen atoms in total. The predicted octanol–water partition coefficient (Wildman–Crippen LogP) is 1.81.